The number of rotatable bonds is 5. The fourth-order valence-corrected chi connectivity index (χ4v) is 5.34. The molecule has 0 fully saturated rings. The van der Waals surface area contributed by atoms with Gasteiger partial charge >= 0.3 is 0 Å². The highest BCUT2D eigenvalue weighted by Crippen LogP contribution is 2.27. The lowest BCUT2D eigenvalue weighted by Gasteiger charge is -2.28. The molecule has 7 nitrogen and oxygen atoms in total. The van der Waals surface area contributed by atoms with Crippen LogP contribution >= 0.6 is 0 Å². The maximum absolute atomic E-state index is 13.4. The number of amides is 1. The van der Waals surface area contributed by atoms with E-state index in [1.54, 1.807) is 6.07 Å². The molecule has 0 saturated heterocycles. The van der Waals surface area contributed by atoms with Gasteiger partial charge in [-0.25, -0.2) is 21.1 Å². The SMILES string of the molecule is Cc1ccc(N(C(=O)c2ccc(S(=O)(=O)N(C)C)cc2)[C@H]2C=CS(=O)(=O)C2)cc1C. The summed E-state index contributed by atoms with van der Waals surface area (Å²) in [5.41, 5.74) is 2.88. The van der Waals surface area contributed by atoms with Gasteiger partial charge in [0.05, 0.1) is 16.7 Å². The van der Waals surface area contributed by atoms with E-state index in [4.69, 9.17) is 0 Å². The van der Waals surface area contributed by atoms with Gasteiger partial charge in [-0.2, -0.15) is 0 Å². The van der Waals surface area contributed by atoms with Gasteiger partial charge in [0.2, 0.25) is 10.0 Å². The van der Waals surface area contributed by atoms with Crippen LogP contribution in [0.25, 0.3) is 0 Å². The van der Waals surface area contributed by atoms with Crippen molar-refractivity contribution >= 4 is 31.5 Å². The van der Waals surface area contributed by atoms with Crippen LogP contribution in [0.5, 0.6) is 0 Å². The first-order chi connectivity index (χ1) is 13.9. The average molecular weight is 449 g/mol. The molecule has 3 rings (SSSR count). The zero-order valence-corrected chi connectivity index (χ0v) is 18.9. The van der Waals surface area contributed by atoms with Crippen molar-refractivity contribution in [3.63, 3.8) is 0 Å². The second-order valence-electron chi connectivity index (χ2n) is 7.48. The van der Waals surface area contributed by atoms with E-state index in [1.807, 2.05) is 26.0 Å². The van der Waals surface area contributed by atoms with Crippen LogP contribution in [-0.4, -0.2) is 52.9 Å². The van der Waals surface area contributed by atoms with E-state index in [9.17, 15) is 21.6 Å². The standard InChI is InChI=1S/C21H24N2O5S2/c1-15-5-8-18(13-16(15)2)23(19-11-12-29(25,26)14-19)21(24)17-6-9-20(10-7-17)30(27,28)22(3)4/h5-13,19H,14H2,1-4H3/t19-/m0/s1. The maximum atomic E-state index is 13.4. The van der Waals surface area contributed by atoms with Crippen molar-refractivity contribution < 1.29 is 21.6 Å². The van der Waals surface area contributed by atoms with E-state index in [1.165, 1.54) is 49.3 Å². The molecule has 0 radical (unpaired) electrons. The Morgan fingerprint density at radius 2 is 1.63 bits per heavy atom. The summed E-state index contributed by atoms with van der Waals surface area (Å²) in [6.07, 6.45) is 1.51. The highest BCUT2D eigenvalue weighted by molar-refractivity contribution is 7.94. The Morgan fingerprint density at radius 1 is 1.00 bits per heavy atom. The predicted octanol–water partition coefficient (Wildman–Crippen LogP) is 2.51. The molecule has 1 amide bonds. The molecule has 1 aliphatic rings. The van der Waals surface area contributed by atoms with E-state index >= 15 is 0 Å². The minimum absolute atomic E-state index is 0.0742. The van der Waals surface area contributed by atoms with Gasteiger partial charge in [-0.3, -0.25) is 4.79 Å². The Bertz CT molecular complexity index is 1210. The number of benzene rings is 2. The molecule has 0 bridgehead atoms. The Balaban J connectivity index is 2.02. The molecular formula is C21H24N2O5S2. The highest BCUT2D eigenvalue weighted by atomic mass is 32.2. The zero-order chi connectivity index (χ0) is 22.3. The third-order valence-electron chi connectivity index (χ3n) is 5.11. The number of anilines is 1. The van der Waals surface area contributed by atoms with Crippen LogP contribution in [0, 0.1) is 13.8 Å². The summed E-state index contributed by atoms with van der Waals surface area (Å²) >= 11 is 0. The fourth-order valence-electron chi connectivity index (χ4n) is 3.17. The fraction of sp³-hybridized carbons (Fsp3) is 0.286. The van der Waals surface area contributed by atoms with Crippen molar-refractivity contribution in [2.45, 2.75) is 24.8 Å². The van der Waals surface area contributed by atoms with E-state index in [0.717, 1.165) is 20.8 Å². The minimum atomic E-state index is -3.62. The highest BCUT2D eigenvalue weighted by Gasteiger charge is 2.32. The molecule has 1 heterocycles. The van der Waals surface area contributed by atoms with E-state index in [0.29, 0.717) is 5.69 Å². The molecular weight excluding hydrogens is 424 g/mol. The summed E-state index contributed by atoms with van der Waals surface area (Å²) in [5.74, 6) is -0.600. The average Bonchev–Trinajstić information content (AvgIpc) is 3.04. The van der Waals surface area contributed by atoms with Crippen molar-refractivity contribution in [1.82, 2.24) is 4.31 Å². The molecule has 2 aromatic rings. The van der Waals surface area contributed by atoms with Gasteiger partial charge in [0, 0.05) is 30.8 Å². The Labute approximate surface area is 177 Å². The second-order valence-corrected chi connectivity index (χ2v) is 11.6. The van der Waals surface area contributed by atoms with Gasteiger partial charge in [0.1, 0.15) is 0 Å². The van der Waals surface area contributed by atoms with Crippen LogP contribution in [0.15, 0.2) is 58.8 Å². The summed E-state index contributed by atoms with van der Waals surface area (Å²) in [7, 11) is -4.13. The molecule has 9 heteroatoms. The summed E-state index contributed by atoms with van der Waals surface area (Å²) in [5, 5.41) is 1.13. The predicted molar refractivity (Wildman–Crippen MR) is 117 cm³/mol. The summed E-state index contributed by atoms with van der Waals surface area (Å²) in [6.45, 7) is 3.87. The first kappa shape index (κ1) is 22.2. The number of hydrogen-bond donors (Lipinski definition) is 0. The molecule has 0 saturated carbocycles. The number of carbonyl (C=O) groups excluding carboxylic acids is 1. The molecule has 0 aliphatic carbocycles. The van der Waals surface area contributed by atoms with E-state index in [2.05, 4.69) is 0 Å². The molecule has 1 aliphatic heterocycles. The van der Waals surface area contributed by atoms with Gasteiger partial charge in [0.15, 0.2) is 9.84 Å². The van der Waals surface area contributed by atoms with Gasteiger partial charge < -0.3 is 4.90 Å². The van der Waals surface area contributed by atoms with Crippen LogP contribution in [-0.2, 0) is 19.9 Å². The lowest BCUT2D eigenvalue weighted by atomic mass is 10.1. The molecule has 0 unspecified atom stereocenters. The van der Waals surface area contributed by atoms with E-state index in [-0.39, 0.29) is 16.2 Å². The summed E-state index contributed by atoms with van der Waals surface area (Å²) < 4.78 is 49.6. The van der Waals surface area contributed by atoms with Crippen molar-refractivity contribution in [2.75, 3.05) is 24.7 Å². The molecule has 0 spiro atoms. The van der Waals surface area contributed by atoms with Crippen LogP contribution in [0.2, 0.25) is 0 Å². The lowest BCUT2D eigenvalue weighted by Crippen LogP contribution is -2.41. The minimum Gasteiger partial charge on any atom is -0.300 e. The van der Waals surface area contributed by atoms with Crippen molar-refractivity contribution in [3.05, 3.63) is 70.6 Å². The third-order valence-corrected chi connectivity index (χ3v) is 8.32. The quantitative estimate of drug-likeness (QED) is 0.701. The summed E-state index contributed by atoms with van der Waals surface area (Å²) in [6, 6.07) is 10.5. The molecule has 160 valence electrons. The Morgan fingerprint density at radius 3 is 2.13 bits per heavy atom. The van der Waals surface area contributed by atoms with Gasteiger partial charge in [0.25, 0.3) is 5.91 Å². The van der Waals surface area contributed by atoms with Crippen LogP contribution in [0.3, 0.4) is 0 Å². The monoisotopic (exact) mass is 448 g/mol. The number of hydrogen-bond acceptors (Lipinski definition) is 5. The molecule has 2 aromatic carbocycles. The van der Waals surface area contributed by atoms with Gasteiger partial charge in [-0.1, -0.05) is 6.07 Å². The lowest BCUT2D eigenvalue weighted by molar-refractivity contribution is 0.0983. The topological polar surface area (TPSA) is 91.8 Å². The van der Waals surface area contributed by atoms with Crippen molar-refractivity contribution in [1.29, 1.82) is 0 Å². The van der Waals surface area contributed by atoms with Crippen LogP contribution < -0.4 is 4.90 Å². The van der Waals surface area contributed by atoms with Gasteiger partial charge in [-0.05, 0) is 67.4 Å². The first-order valence-corrected chi connectivity index (χ1v) is 12.4. The third kappa shape index (κ3) is 4.33. The Hall–Kier alpha value is -2.49. The molecule has 1 atom stereocenters. The zero-order valence-electron chi connectivity index (χ0n) is 17.2. The smallest absolute Gasteiger partial charge is 0.258 e. The Kier molecular flexibility index (Phi) is 5.90. The number of aryl methyl sites for hydroxylation is 2. The number of carbonyl (C=O) groups is 1. The van der Waals surface area contributed by atoms with Crippen LogP contribution in [0.4, 0.5) is 5.69 Å². The largest absolute Gasteiger partial charge is 0.300 e. The van der Waals surface area contributed by atoms with E-state index < -0.39 is 31.8 Å². The maximum Gasteiger partial charge on any atom is 0.258 e. The number of sulfonamides is 1. The number of nitrogens with zero attached hydrogens (tertiary/aromatic N) is 2. The molecule has 0 aromatic heterocycles. The van der Waals surface area contributed by atoms with Crippen molar-refractivity contribution in [2.24, 2.45) is 0 Å². The van der Waals surface area contributed by atoms with Crippen LogP contribution in [0.1, 0.15) is 21.5 Å². The van der Waals surface area contributed by atoms with Gasteiger partial charge in [-0.15, -0.1) is 0 Å². The normalized spacial score (nSPS) is 18.0. The molecule has 0 N–H and O–H groups in total. The molecule has 30 heavy (non-hydrogen) atoms. The summed E-state index contributed by atoms with van der Waals surface area (Å²) in [4.78, 5) is 14.9. The first-order valence-electron chi connectivity index (χ1n) is 9.27. The second kappa shape index (κ2) is 7.98. The van der Waals surface area contributed by atoms with Crippen molar-refractivity contribution in [3.8, 4) is 0 Å². The number of sulfone groups is 1.